The first-order valence-corrected chi connectivity index (χ1v) is 13.1. The molecule has 40 heavy (non-hydrogen) atoms. The molecule has 2 aromatic rings. The Balaban J connectivity index is 2.68. The zero-order chi connectivity index (χ0) is 30.4. The number of ether oxygens (including phenoxy) is 1. The molecule has 2 aromatic carbocycles. The van der Waals surface area contributed by atoms with E-state index < -0.39 is 53.5 Å². The molecular weight excluding hydrogens is 508 g/mol. The Kier molecular flexibility index (Phi) is 10.3. The molecule has 0 radical (unpaired) electrons. The van der Waals surface area contributed by atoms with Crippen molar-refractivity contribution in [3.8, 4) is 0 Å². The molecule has 4 N–H and O–H groups in total. The number of hydrogen-bond donors (Lipinski definition) is 3. The van der Waals surface area contributed by atoms with Crippen LogP contribution in [-0.4, -0.2) is 45.9 Å². The highest BCUT2D eigenvalue weighted by molar-refractivity contribution is 6.00. The van der Waals surface area contributed by atoms with Gasteiger partial charge in [-0.2, -0.15) is 0 Å². The Morgan fingerprint density at radius 2 is 1.57 bits per heavy atom. The van der Waals surface area contributed by atoms with Crippen molar-refractivity contribution in [2.24, 2.45) is 5.73 Å². The summed E-state index contributed by atoms with van der Waals surface area (Å²) in [5.74, 6) is -1.92. The van der Waals surface area contributed by atoms with E-state index in [1.54, 1.807) is 65.8 Å². The minimum atomic E-state index is -1.37. The number of nitrogens with two attached hydrogens (primary N) is 1. The van der Waals surface area contributed by atoms with Gasteiger partial charge < -0.3 is 26.0 Å². The fourth-order valence-electron chi connectivity index (χ4n) is 4.34. The van der Waals surface area contributed by atoms with Crippen molar-refractivity contribution >= 4 is 35.6 Å². The third-order valence-corrected chi connectivity index (χ3v) is 6.05. The fourth-order valence-corrected chi connectivity index (χ4v) is 4.34. The molecule has 0 aliphatic rings. The molecule has 0 spiro atoms. The minimum absolute atomic E-state index is 0.461. The Morgan fingerprint density at radius 3 is 2.08 bits per heavy atom. The van der Waals surface area contributed by atoms with Gasteiger partial charge in [0, 0.05) is 11.2 Å². The lowest BCUT2D eigenvalue weighted by molar-refractivity contribution is -0.147. The van der Waals surface area contributed by atoms with Crippen molar-refractivity contribution in [2.75, 3.05) is 5.32 Å². The molecule has 0 bridgehead atoms. The van der Waals surface area contributed by atoms with E-state index in [1.165, 1.54) is 4.90 Å². The van der Waals surface area contributed by atoms with E-state index in [9.17, 15) is 19.2 Å². The molecule has 0 fully saturated rings. The van der Waals surface area contributed by atoms with Gasteiger partial charge in [-0.25, -0.2) is 4.79 Å². The average molecular weight is 551 g/mol. The second kappa shape index (κ2) is 12.8. The molecular formula is C31H42N4O5. The van der Waals surface area contributed by atoms with Gasteiger partial charge in [-0.1, -0.05) is 49.1 Å². The third kappa shape index (κ3) is 8.69. The number of rotatable bonds is 9. The van der Waals surface area contributed by atoms with E-state index in [0.29, 0.717) is 11.3 Å². The molecule has 0 aromatic heterocycles. The van der Waals surface area contributed by atoms with Crippen molar-refractivity contribution in [1.82, 2.24) is 10.2 Å². The van der Waals surface area contributed by atoms with Crippen LogP contribution < -0.4 is 16.4 Å². The Morgan fingerprint density at radius 1 is 1.00 bits per heavy atom. The van der Waals surface area contributed by atoms with Gasteiger partial charge in [0.05, 0.1) is 6.42 Å². The number of hydrogen-bond acceptors (Lipinski definition) is 5. The highest BCUT2D eigenvalue weighted by atomic mass is 16.6. The first-order valence-electron chi connectivity index (χ1n) is 13.1. The molecule has 9 nitrogen and oxygen atoms in total. The summed E-state index contributed by atoms with van der Waals surface area (Å²) in [5.41, 5.74) is 7.34. The number of para-hydroxylation sites is 1. The second-order valence-electron chi connectivity index (χ2n) is 11.8. The largest absolute Gasteiger partial charge is 0.444 e. The monoisotopic (exact) mass is 550 g/mol. The van der Waals surface area contributed by atoms with Crippen molar-refractivity contribution < 1.29 is 23.9 Å². The van der Waals surface area contributed by atoms with E-state index in [1.807, 2.05) is 38.1 Å². The molecule has 0 saturated carbocycles. The van der Waals surface area contributed by atoms with Gasteiger partial charge in [0.25, 0.3) is 5.91 Å². The van der Waals surface area contributed by atoms with Gasteiger partial charge in [0.2, 0.25) is 11.8 Å². The maximum atomic E-state index is 14.2. The number of benzene rings is 2. The van der Waals surface area contributed by atoms with Crippen LogP contribution >= 0.6 is 0 Å². The van der Waals surface area contributed by atoms with Crippen LogP contribution in [-0.2, 0) is 19.1 Å². The molecule has 9 heteroatoms. The molecule has 2 atom stereocenters. The standard InChI is InChI=1S/C31H42N4O5/c1-10-21-15-12-16-22(17-21)26(27(37)34-25-19(2)13-11-14-20(25)3)35(30(4,5)6)28(38)23(18-24(32)36)33-29(39)40-31(7,8)9/h10-17,23,26H,1,18H2,2-9H3,(H2,32,36)(H,33,39)(H,34,37). The summed E-state index contributed by atoms with van der Waals surface area (Å²) < 4.78 is 5.33. The Bertz CT molecular complexity index is 1250. The zero-order valence-electron chi connectivity index (χ0n) is 24.8. The zero-order valence-corrected chi connectivity index (χ0v) is 24.8. The lowest BCUT2D eigenvalue weighted by atomic mass is 9.93. The van der Waals surface area contributed by atoms with E-state index in [2.05, 4.69) is 17.2 Å². The second-order valence-corrected chi connectivity index (χ2v) is 11.8. The topological polar surface area (TPSA) is 131 Å². The lowest BCUT2D eigenvalue weighted by Crippen LogP contribution is -2.58. The average Bonchev–Trinajstić information content (AvgIpc) is 2.81. The number of amides is 4. The van der Waals surface area contributed by atoms with E-state index in [-0.39, 0.29) is 0 Å². The summed E-state index contributed by atoms with van der Waals surface area (Å²) in [7, 11) is 0. The van der Waals surface area contributed by atoms with Crippen LogP contribution in [0.4, 0.5) is 10.5 Å². The van der Waals surface area contributed by atoms with E-state index >= 15 is 0 Å². The van der Waals surface area contributed by atoms with Crippen molar-refractivity contribution in [3.63, 3.8) is 0 Å². The number of carbonyl (C=O) groups is 4. The van der Waals surface area contributed by atoms with Crippen LogP contribution in [0.25, 0.3) is 6.08 Å². The van der Waals surface area contributed by atoms with Crippen LogP contribution in [0.5, 0.6) is 0 Å². The normalized spacial score (nSPS) is 13.0. The summed E-state index contributed by atoms with van der Waals surface area (Å²) in [6.07, 6.45) is 0.279. The summed E-state index contributed by atoms with van der Waals surface area (Å²) in [6, 6.07) is 10.3. The predicted molar refractivity (Wildman–Crippen MR) is 157 cm³/mol. The quantitative estimate of drug-likeness (QED) is 0.403. The van der Waals surface area contributed by atoms with Crippen molar-refractivity contribution in [3.05, 3.63) is 71.3 Å². The molecule has 2 rings (SSSR count). The summed E-state index contributed by atoms with van der Waals surface area (Å²) >= 11 is 0. The predicted octanol–water partition coefficient (Wildman–Crippen LogP) is 5.02. The van der Waals surface area contributed by atoms with Gasteiger partial charge in [0.15, 0.2) is 0 Å². The number of nitrogens with one attached hydrogen (secondary N) is 2. The molecule has 0 aliphatic carbocycles. The summed E-state index contributed by atoms with van der Waals surface area (Å²) in [5, 5.41) is 5.50. The molecule has 0 heterocycles. The molecule has 2 unspecified atom stereocenters. The lowest BCUT2D eigenvalue weighted by Gasteiger charge is -2.43. The molecule has 216 valence electrons. The van der Waals surface area contributed by atoms with Gasteiger partial charge in [-0.15, -0.1) is 0 Å². The summed E-state index contributed by atoms with van der Waals surface area (Å²) in [4.78, 5) is 54.4. The van der Waals surface area contributed by atoms with Crippen molar-refractivity contribution in [2.45, 2.75) is 85.0 Å². The number of nitrogens with zero attached hydrogens (tertiary/aromatic N) is 1. The third-order valence-electron chi connectivity index (χ3n) is 6.05. The van der Waals surface area contributed by atoms with E-state index in [0.717, 1.165) is 16.7 Å². The first-order chi connectivity index (χ1) is 18.4. The molecule has 0 saturated heterocycles. The Labute approximate surface area is 237 Å². The Hall–Kier alpha value is -4.14. The number of anilines is 1. The van der Waals surface area contributed by atoms with Crippen LogP contribution in [0.2, 0.25) is 0 Å². The van der Waals surface area contributed by atoms with Crippen LogP contribution in [0.15, 0.2) is 49.0 Å². The molecule has 0 aliphatic heterocycles. The first kappa shape index (κ1) is 32.1. The van der Waals surface area contributed by atoms with Crippen LogP contribution in [0, 0.1) is 13.8 Å². The fraction of sp³-hybridized carbons (Fsp3) is 0.419. The highest BCUT2D eigenvalue weighted by Gasteiger charge is 2.42. The van der Waals surface area contributed by atoms with Crippen LogP contribution in [0.3, 0.4) is 0 Å². The van der Waals surface area contributed by atoms with Gasteiger partial charge >= 0.3 is 6.09 Å². The highest BCUT2D eigenvalue weighted by Crippen LogP contribution is 2.33. The molecule has 4 amide bonds. The number of aryl methyl sites for hydroxylation is 2. The maximum absolute atomic E-state index is 14.2. The number of primary amides is 1. The van der Waals surface area contributed by atoms with Gasteiger partial charge in [0.1, 0.15) is 17.7 Å². The van der Waals surface area contributed by atoms with Crippen molar-refractivity contribution in [1.29, 1.82) is 0 Å². The smallest absolute Gasteiger partial charge is 0.408 e. The maximum Gasteiger partial charge on any atom is 0.408 e. The SMILES string of the molecule is C=Cc1cccc(C(C(=O)Nc2c(C)cccc2C)N(C(=O)C(CC(N)=O)NC(=O)OC(C)(C)C)C(C)(C)C)c1. The number of alkyl carbamates (subject to hydrolysis) is 1. The van der Waals surface area contributed by atoms with Gasteiger partial charge in [-0.3, -0.25) is 14.4 Å². The number of carbonyl (C=O) groups excluding carboxylic acids is 4. The summed E-state index contributed by atoms with van der Waals surface area (Å²) in [6.45, 7) is 18.0. The van der Waals surface area contributed by atoms with Crippen LogP contribution in [0.1, 0.15) is 76.3 Å². The minimum Gasteiger partial charge on any atom is -0.444 e. The van der Waals surface area contributed by atoms with E-state index in [4.69, 9.17) is 10.5 Å². The van der Waals surface area contributed by atoms with Gasteiger partial charge in [-0.05, 0) is 83.7 Å².